The number of hydrogen-bond donors (Lipinski definition) is 3. The van der Waals surface area contributed by atoms with Gasteiger partial charge in [0.1, 0.15) is 11.8 Å². The fourth-order valence-corrected chi connectivity index (χ4v) is 4.53. The molecule has 1 saturated carbocycles. The van der Waals surface area contributed by atoms with Crippen LogP contribution in [0.3, 0.4) is 0 Å². The average Bonchev–Trinajstić information content (AvgIpc) is 3.69. The lowest BCUT2D eigenvalue weighted by Gasteiger charge is -2.23. The van der Waals surface area contributed by atoms with Gasteiger partial charge in [-0.05, 0) is 48.1 Å². The molecular formula is C30H31N9O. The van der Waals surface area contributed by atoms with Crippen LogP contribution in [0.25, 0.3) is 10.9 Å². The average molecular weight is 534 g/mol. The van der Waals surface area contributed by atoms with Crippen molar-refractivity contribution in [2.75, 3.05) is 24.2 Å². The SMILES string of the molecule is CNC(=O)c1cccc([C@H](Nc2cc(C#N)cc3c(NCC(C)(C)C)c(C#N)cnc23)c2cn(C3CC3)nn2)c1. The van der Waals surface area contributed by atoms with E-state index in [1.165, 1.54) is 0 Å². The van der Waals surface area contributed by atoms with Crippen LogP contribution in [0.4, 0.5) is 11.4 Å². The molecule has 1 fully saturated rings. The van der Waals surface area contributed by atoms with E-state index in [2.05, 4.69) is 64.2 Å². The van der Waals surface area contributed by atoms with Crippen LogP contribution in [0.15, 0.2) is 48.8 Å². The van der Waals surface area contributed by atoms with Gasteiger partial charge in [0.15, 0.2) is 0 Å². The fourth-order valence-electron chi connectivity index (χ4n) is 4.53. The van der Waals surface area contributed by atoms with Crippen LogP contribution in [0.5, 0.6) is 0 Å². The summed E-state index contributed by atoms with van der Waals surface area (Å²) in [4.78, 5) is 17.1. The Morgan fingerprint density at radius 3 is 2.65 bits per heavy atom. The van der Waals surface area contributed by atoms with Gasteiger partial charge >= 0.3 is 0 Å². The van der Waals surface area contributed by atoms with Crippen molar-refractivity contribution in [1.82, 2.24) is 25.3 Å². The summed E-state index contributed by atoms with van der Waals surface area (Å²) in [5, 5.41) is 38.9. The lowest BCUT2D eigenvalue weighted by Crippen LogP contribution is -2.20. The third-order valence-corrected chi connectivity index (χ3v) is 6.77. The van der Waals surface area contributed by atoms with E-state index < -0.39 is 6.04 Å². The molecule has 0 bridgehead atoms. The highest BCUT2D eigenvalue weighted by Gasteiger charge is 2.28. The fraction of sp³-hybridized carbons (Fsp3) is 0.333. The summed E-state index contributed by atoms with van der Waals surface area (Å²) in [7, 11) is 1.60. The molecule has 0 saturated heterocycles. The van der Waals surface area contributed by atoms with E-state index in [1.54, 1.807) is 31.4 Å². The first kappa shape index (κ1) is 26.6. The minimum Gasteiger partial charge on any atom is -0.383 e. The summed E-state index contributed by atoms with van der Waals surface area (Å²) in [6.07, 6.45) is 5.61. The lowest BCUT2D eigenvalue weighted by molar-refractivity contribution is 0.0963. The largest absolute Gasteiger partial charge is 0.383 e. The Morgan fingerprint density at radius 2 is 1.98 bits per heavy atom. The van der Waals surface area contributed by atoms with E-state index in [-0.39, 0.29) is 11.3 Å². The Bertz CT molecular complexity index is 1670. The van der Waals surface area contributed by atoms with Crippen LogP contribution in [0.2, 0.25) is 0 Å². The van der Waals surface area contributed by atoms with Gasteiger partial charge < -0.3 is 16.0 Å². The van der Waals surface area contributed by atoms with Crippen LogP contribution in [-0.4, -0.2) is 39.5 Å². The molecule has 202 valence electrons. The zero-order chi connectivity index (χ0) is 28.4. The number of carbonyl (C=O) groups excluding carboxylic acids is 1. The van der Waals surface area contributed by atoms with Gasteiger partial charge in [0.05, 0.1) is 52.4 Å². The Morgan fingerprint density at radius 1 is 1.18 bits per heavy atom. The van der Waals surface area contributed by atoms with Crippen molar-refractivity contribution >= 4 is 28.2 Å². The van der Waals surface area contributed by atoms with Gasteiger partial charge in [-0.25, -0.2) is 4.68 Å². The lowest BCUT2D eigenvalue weighted by atomic mass is 9.96. The predicted molar refractivity (Wildman–Crippen MR) is 153 cm³/mol. The number of fused-ring (bicyclic) bond motifs is 1. The van der Waals surface area contributed by atoms with Crippen molar-refractivity contribution in [2.45, 2.75) is 45.7 Å². The van der Waals surface area contributed by atoms with Crippen LogP contribution in [0, 0.1) is 28.1 Å². The molecule has 2 aromatic heterocycles. The third kappa shape index (κ3) is 5.57. The summed E-state index contributed by atoms with van der Waals surface area (Å²) < 4.78 is 1.88. The number of rotatable bonds is 8. The van der Waals surface area contributed by atoms with E-state index in [4.69, 9.17) is 0 Å². The first-order valence-corrected chi connectivity index (χ1v) is 13.2. The van der Waals surface area contributed by atoms with Gasteiger partial charge in [0, 0.05) is 30.7 Å². The van der Waals surface area contributed by atoms with Crippen LogP contribution < -0.4 is 16.0 Å². The summed E-state index contributed by atoms with van der Waals surface area (Å²) in [5.41, 5.74) is 4.64. The molecule has 1 amide bonds. The number of nitrogens with one attached hydrogen (secondary N) is 3. The smallest absolute Gasteiger partial charge is 0.251 e. The molecule has 10 nitrogen and oxygen atoms in total. The highest BCUT2D eigenvalue weighted by molar-refractivity contribution is 6.01. The van der Waals surface area contributed by atoms with Gasteiger partial charge in [-0.1, -0.05) is 38.1 Å². The normalized spacial score (nSPS) is 13.8. The monoisotopic (exact) mass is 533 g/mol. The Hall–Kier alpha value is -4.96. The number of pyridine rings is 1. The molecule has 1 atom stereocenters. The highest BCUT2D eigenvalue weighted by Crippen LogP contribution is 2.37. The molecule has 0 radical (unpaired) electrons. The molecule has 4 aromatic rings. The molecule has 1 aliphatic rings. The summed E-state index contributed by atoms with van der Waals surface area (Å²) >= 11 is 0. The van der Waals surface area contributed by atoms with Gasteiger partial charge in [-0.3, -0.25) is 9.78 Å². The molecule has 2 aromatic carbocycles. The second-order valence-electron chi connectivity index (χ2n) is 11.2. The minimum atomic E-state index is -0.488. The summed E-state index contributed by atoms with van der Waals surface area (Å²) in [6.45, 7) is 6.94. The minimum absolute atomic E-state index is 0.0372. The number of carbonyl (C=O) groups is 1. The van der Waals surface area contributed by atoms with E-state index in [1.807, 2.05) is 29.1 Å². The molecule has 40 heavy (non-hydrogen) atoms. The third-order valence-electron chi connectivity index (χ3n) is 6.77. The van der Waals surface area contributed by atoms with Crippen molar-refractivity contribution in [3.8, 4) is 12.1 Å². The number of nitriles is 2. The van der Waals surface area contributed by atoms with Crippen molar-refractivity contribution in [1.29, 1.82) is 10.5 Å². The van der Waals surface area contributed by atoms with Gasteiger partial charge in [0.25, 0.3) is 5.91 Å². The Balaban J connectivity index is 1.65. The van der Waals surface area contributed by atoms with E-state index in [0.29, 0.717) is 57.2 Å². The molecule has 1 aliphatic carbocycles. The van der Waals surface area contributed by atoms with Crippen LogP contribution in [-0.2, 0) is 0 Å². The number of nitrogens with zero attached hydrogens (tertiary/aromatic N) is 6. The maximum Gasteiger partial charge on any atom is 0.251 e. The number of amides is 1. The molecular weight excluding hydrogens is 502 g/mol. The zero-order valence-corrected chi connectivity index (χ0v) is 23.0. The number of anilines is 2. The van der Waals surface area contributed by atoms with Gasteiger partial charge in [-0.15, -0.1) is 5.10 Å². The topological polar surface area (TPSA) is 144 Å². The molecule has 10 heteroatoms. The Labute approximate surface area is 233 Å². The number of benzene rings is 2. The van der Waals surface area contributed by atoms with Crippen molar-refractivity contribution in [3.63, 3.8) is 0 Å². The predicted octanol–water partition coefficient (Wildman–Crippen LogP) is 4.92. The van der Waals surface area contributed by atoms with Gasteiger partial charge in [-0.2, -0.15) is 10.5 Å². The molecule has 2 heterocycles. The number of hydrogen-bond acceptors (Lipinski definition) is 8. The quantitative estimate of drug-likeness (QED) is 0.289. The van der Waals surface area contributed by atoms with Crippen molar-refractivity contribution in [3.05, 3.63) is 76.7 Å². The number of aromatic nitrogens is 4. The van der Waals surface area contributed by atoms with Crippen molar-refractivity contribution in [2.24, 2.45) is 5.41 Å². The summed E-state index contributed by atoms with van der Waals surface area (Å²) in [6, 6.07) is 15.2. The molecule has 3 N–H and O–H groups in total. The standard InChI is InChI=1S/C30H31N9O/c1-30(2,3)17-35-26-21(14-32)15-34-28-23(26)10-18(13-31)11-24(28)36-27(25-16-39(38-37-25)22-8-9-22)19-6-5-7-20(12-19)29(40)33-4/h5-7,10-12,15-16,22,27,36H,8-9,17H2,1-4H3,(H,33,40)(H,34,35)/t27-/m0/s1. The van der Waals surface area contributed by atoms with Crippen molar-refractivity contribution < 1.29 is 4.79 Å². The van der Waals surface area contributed by atoms with Crippen LogP contribution in [0.1, 0.15) is 78.4 Å². The molecule has 0 spiro atoms. The van der Waals surface area contributed by atoms with E-state index in [0.717, 1.165) is 18.4 Å². The first-order chi connectivity index (χ1) is 19.2. The second kappa shape index (κ2) is 10.7. The van der Waals surface area contributed by atoms with E-state index >= 15 is 0 Å². The first-order valence-electron chi connectivity index (χ1n) is 13.2. The Kier molecular flexibility index (Phi) is 7.10. The maximum atomic E-state index is 12.4. The second-order valence-corrected chi connectivity index (χ2v) is 11.2. The van der Waals surface area contributed by atoms with Gasteiger partial charge in [0.2, 0.25) is 0 Å². The van der Waals surface area contributed by atoms with Crippen LogP contribution >= 0.6 is 0 Å². The molecule has 0 aliphatic heterocycles. The zero-order valence-electron chi connectivity index (χ0n) is 23.0. The molecule has 0 unspecified atom stereocenters. The maximum absolute atomic E-state index is 12.4. The highest BCUT2D eigenvalue weighted by atomic mass is 16.1. The molecule has 5 rings (SSSR count). The van der Waals surface area contributed by atoms with E-state index in [9.17, 15) is 15.3 Å². The summed E-state index contributed by atoms with van der Waals surface area (Å²) in [5.74, 6) is -0.195.